The first-order valence-corrected chi connectivity index (χ1v) is 6.05. The first-order valence-electron chi connectivity index (χ1n) is 6.05. The van der Waals surface area contributed by atoms with Crippen molar-refractivity contribution in [1.29, 1.82) is 0 Å². The first-order chi connectivity index (χ1) is 9.43. The van der Waals surface area contributed by atoms with Gasteiger partial charge in [0.15, 0.2) is 0 Å². The molecule has 0 radical (unpaired) electrons. The summed E-state index contributed by atoms with van der Waals surface area (Å²) >= 11 is 0. The number of hydrogen-bond acceptors (Lipinski definition) is 4. The van der Waals surface area contributed by atoms with Gasteiger partial charge < -0.3 is 10.2 Å². The lowest BCUT2D eigenvalue weighted by molar-refractivity contribution is -0.140. The van der Waals surface area contributed by atoms with Gasteiger partial charge in [-0.2, -0.15) is 0 Å². The van der Waals surface area contributed by atoms with Gasteiger partial charge in [-0.1, -0.05) is 6.07 Å². The Labute approximate surface area is 115 Å². The third-order valence-corrected chi connectivity index (χ3v) is 3.37. The maximum Gasteiger partial charge on any atom is 0.334 e. The van der Waals surface area contributed by atoms with Crippen molar-refractivity contribution in [2.45, 2.75) is 19.8 Å². The Morgan fingerprint density at radius 3 is 2.45 bits per heavy atom. The first kappa shape index (κ1) is 13.9. The molecule has 0 bridgehead atoms. The van der Waals surface area contributed by atoms with Crippen molar-refractivity contribution in [2.75, 3.05) is 0 Å². The van der Waals surface area contributed by atoms with Crippen LogP contribution in [0.25, 0.3) is 0 Å². The lowest BCUT2D eigenvalue weighted by Gasteiger charge is -2.29. The highest BCUT2D eigenvalue weighted by molar-refractivity contribution is 6.06. The lowest BCUT2D eigenvalue weighted by Crippen LogP contribution is -2.34. The number of aliphatic carboxylic acids is 2. The summed E-state index contributed by atoms with van der Waals surface area (Å²) in [4.78, 5) is 31.0. The third-order valence-electron chi connectivity index (χ3n) is 3.37. The molecule has 1 aliphatic rings. The van der Waals surface area contributed by atoms with Crippen LogP contribution in [-0.4, -0.2) is 32.8 Å². The number of pyridine rings is 1. The van der Waals surface area contributed by atoms with E-state index < -0.39 is 23.8 Å². The van der Waals surface area contributed by atoms with E-state index in [4.69, 9.17) is 0 Å². The molecule has 2 heterocycles. The van der Waals surface area contributed by atoms with Crippen LogP contribution < -0.4 is 0 Å². The zero-order chi connectivity index (χ0) is 14.9. The molecule has 6 nitrogen and oxygen atoms in total. The van der Waals surface area contributed by atoms with Crippen LogP contribution in [0.1, 0.15) is 25.3 Å². The molecule has 1 aromatic heterocycles. The Morgan fingerprint density at radius 2 is 1.95 bits per heavy atom. The molecule has 6 heteroatoms. The predicted molar refractivity (Wildman–Crippen MR) is 71.5 cm³/mol. The van der Waals surface area contributed by atoms with Crippen LogP contribution in [0.15, 0.2) is 40.8 Å². The molecule has 0 fully saturated rings. The Morgan fingerprint density at radius 1 is 1.25 bits per heavy atom. The standard InChI is InChI=1S/C14H14N2O4/c1-7-10(13(17)18)12(9-4-3-5-15-6-9)11(14(19)20)8(2)16-7/h3-6,10,12H,1-2H3,(H,17,18)(H,19,20). The second-order valence-electron chi connectivity index (χ2n) is 4.64. The minimum Gasteiger partial charge on any atom is -0.481 e. The zero-order valence-corrected chi connectivity index (χ0v) is 11.1. The number of nitrogens with zero attached hydrogens (tertiary/aromatic N) is 2. The van der Waals surface area contributed by atoms with Crippen LogP contribution in [0.3, 0.4) is 0 Å². The molecular formula is C14H14N2O4. The fraction of sp³-hybridized carbons (Fsp3) is 0.286. The van der Waals surface area contributed by atoms with Crippen molar-refractivity contribution in [1.82, 2.24) is 4.98 Å². The number of aromatic nitrogens is 1. The van der Waals surface area contributed by atoms with E-state index in [-0.39, 0.29) is 5.57 Å². The number of aliphatic imine (C=N–C) groups is 1. The molecule has 1 aliphatic heterocycles. The largest absolute Gasteiger partial charge is 0.481 e. The topological polar surface area (TPSA) is 99.9 Å². The Balaban J connectivity index is 2.65. The minimum atomic E-state index is -1.15. The molecular weight excluding hydrogens is 260 g/mol. The van der Waals surface area contributed by atoms with Crippen molar-refractivity contribution in [3.8, 4) is 0 Å². The van der Waals surface area contributed by atoms with Gasteiger partial charge in [-0.25, -0.2) is 4.79 Å². The second-order valence-corrected chi connectivity index (χ2v) is 4.64. The van der Waals surface area contributed by atoms with E-state index >= 15 is 0 Å². The predicted octanol–water partition coefficient (Wildman–Crippen LogP) is 1.70. The molecule has 0 spiro atoms. The highest BCUT2D eigenvalue weighted by Gasteiger charge is 2.40. The number of carboxylic acids is 2. The molecule has 0 aliphatic carbocycles. The summed E-state index contributed by atoms with van der Waals surface area (Å²) in [5.74, 6) is -4.02. The molecule has 2 N–H and O–H groups in total. The summed E-state index contributed by atoms with van der Waals surface area (Å²) in [6, 6.07) is 3.34. The fourth-order valence-electron chi connectivity index (χ4n) is 2.56. The van der Waals surface area contributed by atoms with Crippen molar-refractivity contribution in [3.05, 3.63) is 41.4 Å². The van der Waals surface area contributed by atoms with Crippen molar-refractivity contribution >= 4 is 17.7 Å². The molecule has 1 aromatic rings. The number of carbonyl (C=O) groups is 2. The van der Waals surface area contributed by atoms with Crippen LogP contribution in [0.5, 0.6) is 0 Å². The summed E-state index contributed by atoms with van der Waals surface area (Å²) < 4.78 is 0. The van der Waals surface area contributed by atoms with E-state index in [9.17, 15) is 19.8 Å². The van der Waals surface area contributed by atoms with E-state index in [1.807, 2.05) is 0 Å². The van der Waals surface area contributed by atoms with Gasteiger partial charge in [0.25, 0.3) is 0 Å². The van der Waals surface area contributed by atoms with Crippen molar-refractivity contribution in [2.24, 2.45) is 10.9 Å². The smallest absolute Gasteiger partial charge is 0.334 e. The Bertz CT molecular complexity index is 619. The van der Waals surface area contributed by atoms with Gasteiger partial charge in [-0.3, -0.25) is 14.8 Å². The van der Waals surface area contributed by atoms with Gasteiger partial charge in [0.05, 0.1) is 5.57 Å². The number of allylic oxidation sites excluding steroid dienone is 1. The Kier molecular flexibility index (Phi) is 3.65. The maximum atomic E-state index is 11.5. The van der Waals surface area contributed by atoms with Crippen LogP contribution in [-0.2, 0) is 9.59 Å². The fourth-order valence-corrected chi connectivity index (χ4v) is 2.56. The molecule has 0 saturated heterocycles. The summed E-state index contributed by atoms with van der Waals surface area (Å²) in [6.45, 7) is 3.18. The van der Waals surface area contributed by atoms with Crippen LogP contribution >= 0.6 is 0 Å². The highest BCUT2D eigenvalue weighted by atomic mass is 16.4. The van der Waals surface area contributed by atoms with E-state index in [1.54, 1.807) is 32.2 Å². The van der Waals surface area contributed by atoms with Gasteiger partial charge in [0.2, 0.25) is 0 Å². The summed E-state index contributed by atoms with van der Waals surface area (Å²) in [5.41, 5.74) is 1.30. The number of hydrogen-bond donors (Lipinski definition) is 2. The zero-order valence-electron chi connectivity index (χ0n) is 11.1. The molecule has 104 valence electrons. The van der Waals surface area contributed by atoms with Gasteiger partial charge >= 0.3 is 11.9 Å². The molecule has 2 atom stereocenters. The second kappa shape index (κ2) is 5.24. The SMILES string of the molecule is CC1=NC(C)=C(C(=O)O)C(c2cccnc2)C1C(=O)O. The summed E-state index contributed by atoms with van der Waals surface area (Å²) in [6.07, 6.45) is 3.05. The van der Waals surface area contributed by atoms with Gasteiger partial charge in [0.1, 0.15) is 5.92 Å². The highest BCUT2D eigenvalue weighted by Crippen LogP contribution is 2.38. The number of carboxylic acid groups (broad SMARTS) is 2. The lowest BCUT2D eigenvalue weighted by atomic mass is 9.76. The molecule has 0 amide bonds. The normalized spacial score (nSPS) is 22.4. The molecule has 2 unspecified atom stereocenters. The van der Waals surface area contributed by atoms with Crippen molar-refractivity contribution in [3.63, 3.8) is 0 Å². The molecule has 20 heavy (non-hydrogen) atoms. The van der Waals surface area contributed by atoms with Crippen molar-refractivity contribution < 1.29 is 19.8 Å². The van der Waals surface area contributed by atoms with Gasteiger partial charge in [-0.05, 0) is 25.5 Å². The molecule has 2 rings (SSSR count). The summed E-state index contributed by atoms with van der Waals surface area (Å²) in [5, 5.41) is 18.8. The van der Waals surface area contributed by atoms with E-state index in [2.05, 4.69) is 9.98 Å². The summed E-state index contributed by atoms with van der Waals surface area (Å²) in [7, 11) is 0. The van der Waals surface area contributed by atoms with Crippen LogP contribution in [0.4, 0.5) is 0 Å². The quantitative estimate of drug-likeness (QED) is 0.873. The molecule has 0 saturated carbocycles. The van der Waals surface area contributed by atoms with Crippen LogP contribution in [0.2, 0.25) is 0 Å². The Hall–Kier alpha value is -2.50. The number of rotatable bonds is 3. The van der Waals surface area contributed by atoms with E-state index in [0.29, 0.717) is 17.0 Å². The van der Waals surface area contributed by atoms with Crippen LogP contribution in [0, 0.1) is 5.92 Å². The maximum absolute atomic E-state index is 11.5. The van der Waals surface area contributed by atoms with Gasteiger partial charge in [-0.15, -0.1) is 0 Å². The third kappa shape index (κ3) is 2.32. The molecule has 0 aromatic carbocycles. The average Bonchev–Trinajstić information content (AvgIpc) is 2.37. The average molecular weight is 274 g/mol. The monoisotopic (exact) mass is 274 g/mol. The van der Waals surface area contributed by atoms with E-state index in [0.717, 1.165) is 0 Å². The van der Waals surface area contributed by atoms with E-state index in [1.165, 1.54) is 6.20 Å². The van der Waals surface area contributed by atoms with Gasteiger partial charge in [0, 0.05) is 29.7 Å². The minimum absolute atomic E-state index is 0.0102.